The Morgan fingerprint density at radius 1 is 0.467 bits per heavy atom. The predicted molar refractivity (Wildman–Crippen MR) is 507 cm³/mol. The second-order valence-electron chi connectivity index (χ2n) is 35.9. The Balaban J connectivity index is 0.976. The number of halogens is 5. The fourth-order valence-corrected chi connectivity index (χ4v) is 13.8. The van der Waals surface area contributed by atoms with Crippen LogP contribution in [0, 0.1) is 14.9 Å². The van der Waals surface area contributed by atoms with Gasteiger partial charge >= 0.3 is 30.1 Å². The number of anilines is 1. The fourth-order valence-electron chi connectivity index (χ4n) is 13.2. The SMILES string of the molecule is CN(C(=O)c1ccc(Cl)c(-c2cnc(C(F)(F)F)cc2C#N)c1)c1ccccc1OCCC(=O)NCCOCCOCCOCCOCCOCCOCCOCCOCCNC(=O)[C@@H](CCCCNC(=O)CN1CCN(CC(=O)OC(C)(C)C)CCN(CC(=O)OC(C)(C)C)CCN(CC(=O)OC(C)(C)C)CC1)NC(=O)[C@@H](CCC(=O)OC(C)(C)C)NC(=O)CCCc1ccc(I)cc1. The topological polar surface area (TPSA) is 404 Å². The lowest BCUT2D eigenvalue weighted by atomic mass is 9.99. The van der Waals surface area contributed by atoms with E-state index in [1.807, 2.05) is 43.9 Å². The lowest BCUT2D eigenvalue weighted by Gasteiger charge is -2.34. The number of alkyl halides is 3. The molecule has 2 atom stereocenters. The number of amides is 6. The average molecular weight is 2040 g/mol. The zero-order valence-corrected chi connectivity index (χ0v) is 83.5. The van der Waals surface area contributed by atoms with E-state index in [1.165, 1.54) is 30.1 Å². The predicted octanol–water partition coefficient (Wildman–Crippen LogP) is 8.96. The van der Waals surface area contributed by atoms with Crippen molar-refractivity contribution in [2.75, 3.05) is 222 Å². The van der Waals surface area contributed by atoms with Crippen molar-refractivity contribution in [3.05, 3.63) is 110 Å². The van der Waals surface area contributed by atoms with E-state index in [9.17, 15) is 66.4 Å². The van der Waals surface area contributed by atoms with E-state index < -0.39 is 93.9 Å². The van der Waals surface area contributed by atoms with Gasteiger partial charge in [-0.3, -0.25) is 72.5 Å². The van der Waals surface area contributed by atoms with Gasteiger partial charge in [0, 0.05) is 123 Å². The quantitative estimate of drug-likeness (QED) is 0.0119. The van der Waals surface area contributed by atoms with Gasteiger partial charge in [0.2, 0.25) is 29.5 Å². The molecule has 0 saturated carbocycles. The highest BCUT2D eigenvalue weighted by molar-refractivity contribution is 14.1. The number of carbonyl (C=O) groups excluding carboxylic acids is 10. The lowest BCUT2D eigenvalue weighted by molar-refractivity contribution is -0.158. The summed E-state index contributed by atoms with van der Waals surface area (Å²) >= 11 is 8.62. The third-order valence-electron chi connectivity index (χ3n) is 19.6. The van der Waals surface area contributed by atoms with Crippen LogP contribution in [0.2, 0.25) is 5.02 Å². The highest BCUT2D eigenvalue weighted by atomic mass is 127. The van der Waals surface area contributed by atoms with Gasteiger partial charge in [0.05, 0.1) is 162 Å². The van der Waals surface area contributed by atoms with E-state index in [0.717, 1.165) is 15.3 Å². The Bertz CT molecular complexity index is 4290. The Morgan fingerprint density at radius 3 is 1.37 bits per heavy atom. The summed E-state index contributed by atoms with van der Waals surface area (Å²) in [6.07, 6.45) is -2.12. The van der Waals surface area contributed by atoms with E-state index in [-0.39, 0.29) is 150 Å². The summed E-state index contributed by atoms with van der Waals surface area (Å²) in [7, 11) is 1.51. The molecule has 0 spiro atoms. The van der Waals surface area contributed by atoms with Gasteiger partial charge in [0.25, 0.3) is 5.91 Å². The molecule has 1 fully saturated rings. The van der Waals surface area contributed by atoms with Crippen molar-refractivity contribution in [2.45, 2.75) is 182 Å². The number of esters is 4. The summed E-state index contributed by atoms with van der Waals surface area (Å²) in [4.78, 5) is 148. The van der Waals surface area contributed by atoms with Crippen molar-refractivity contribution >= 4 is 99.2 Å². The third-order valence-corrected chi connectivity index (χ3v) is 20.7. The van der Waals surface area contributed by atoms with E-state index in [0.29, 0.717) is 175 Å². The third kappa shape index (κ3) is 52.5. The van der Waals surface area contributed by atoms with Crippen molar-refractivity contribution in [3.8, 4) is 22.9 Å². The molecule has 5 N–H and O–H groups in total. The molecule has 35 nitrogen and oxygen atoms in total. The highest BCUT2D eigenvalue weighted by Gasteiger charge is 2.35. The summed E-state index contributed by atoms with van der Waals surface area (Å²) in [6, 6.07) is 18.9. The molecule has 1 aliphatic heterocycles. The molecular weight excluding hydrogens is 1900 g/mol. The normalized spacial score (nSPS) is 14.1. The Labute approximate surface area is 810 Å². The highest BCUT2D eigenvalue weighted by Crippen LogP contribution is 2.36. The van der Waals surface area contributed by atoms with Crippen LogP contribution in [0.15, 0.2) is 79.0 Å². The van der Waals surface area contributed by atoms with Crippen LogP contribution in [0.5, 0.6) is 5.75 Å². The van der Waals surface area contributed by atoms with E-state index in [2.05, 4.69) is 54.2 Å². The molecule has 6 amide bonds. The van der Waals surface area contributed by atoms with Crippen molar-refractivity contribution in [2.24, 2.45) is 0 Å². The van der Waals surface area contributed by atoms with Gasteiger partial charge in [-0.05, 0) is 198 Å². The summed E-state index contributed by atoms with van der Waals surface area (Å²) in [5, 5.41) is 24.0. The minimum absolute atomic E-state index is 0.000142. The fraction of sp³-hybridized carbons (Fsp3) is 0.642. The van der Waals surface area contributed by atoms with E-state index in [4.69, 9.17) is 73.2 Å². The number of para-hydroxylation sites is 2. The zero-order chi connectivity index (χ0) is 99.4. The minimum atomic E-state index is -4.77. The minimum Gasteiger partial charge on any atom is -0.491 e. The van der Waals surface area contributed by atoms with Crippen LogP contribution in [-0.2, 0) is 113 Å². The number of nitriles is 1. The molecular formula is C95H141ClF3IN12O23. The number of nitrogens with one attached hydrogen (secondary N) is 5. The first-order valence-corrected chi connectivity index (χ1v) is 47.2. The molecule has 0 aliphatic carbocycles. The average Bonchev–Trinajstić information content (AvgIpc) is 0.781. The Kier molecular flexibility index (Phi) is 53.7. The van der Waals surface area contributed by atoms with Gasteiger partial charge in [0.15, 0.2) is 0 Å². The molecule has 1 aromatic heterocycles. The number of pyridine rings is 1. The molecule has 0 radical (unpaired) electrons. The molecule has 1 saturated heterocycles. The monoisotopic (exact) mass is 2040 g/mol. The number of carbonyl (C=O) groups is 10. The second kappa shape index (κ2) is 62.2. The van der Waals surface area contributed by atoms with Gasteiger partial charge in [-0.15, -0.1) is 0 Å². The number of nitrogens with zero attached hydrogens (tertiary/aromatic N) is 7. The number of hydrogen-bond donors (Lipinski definition) is 5. The second-order valence-corrected chi connectivity index (χ2v) is 37.5. The summed E-state index contributed by atoms with van der Waals surface area (Å²) in [6.45, 7) is 29.3. The largest absolute Gasteiger partial charge is 0.491 e. The number of aryl methyl sites for hydroxylation is 1. The standard InChI is InChI=1S/C95H141ClF3IN12O23/c1-91(2,3)132-84(116)31-30-77(106-82(114)23-18-19-69-24-27-72(100)28-25-69)89(121)107-76(20-16-17-33-102-83(115)65-109-36-38-110(66-85(117)133-92(4,5)6)40-42-112(68-87(119)135-94(10,11)12)43-41-111(39-37-109)67-86(118)134-93(7,8)9)88(120)104-35-46-124-48-50-126-52-54-128-56-58-130-60-59-129-57-55-127-53-51-125-49-47-123-45-34-103-81(113)32-44-131-79-22-15-14-21-78(79)108(13)90(122)70-26-29-75(96)73(61-70)74-64-105-80(95(97,98)99)62-71(74)63-101/h14-15,21-22,24-29,61-62,64,76-77H,16-20,23,30-60,65-68H2,1-13H3,(H,102,115)(H,103,113)(H,104,120)(H,106,114)(H,107,121)/t76-,77-/m1/s1. The zero-order valence-electron chi connectivity index (χ0n) is 80.6. The van der Waals surface area contributed by atoms with E-state index >= 15 is 0 Å². The van der Waals surface area contributed by atoms with Crippen molar-refractivity contribution in [1.29, 1.82) is 5.26 Å². The number of benzene rings is 3. The smallest absolute Gasteiger partial charge is 0.433 e. The molecule has 4 aromatic rings. The number of ether oxygens (including phenoxy) is 13. The van der Waals surface area contributed by atoms with E-state index in [1.54, 1.807) is 113 Å². The van der Waals surface area contributed by atoms with Crippen LogP contribution in [0.4, 0.5) is 18.9 Å². The first kappa shape index (κ1) is 117. The summed E-state index contributed by atoms with van der Waals surface area (Å²) in [5.74, 6) is -4.24. The van der Waals surface area contributed by atoms with Crippen molar-refractivity contribution in [3.63, 3.8) is 0 Å². The molecule has 40 heteroatoms. The molecule has 754 valence electrons. The van der Waals surface area contributed by atoms with Gasteiger partial charge in [0.1, 0.15) is 45.9 Å². The number of hydrogen-bond acceptors (Lipinski definition) is 29. The van der Waals surface area contributed by atoms with Crippen LogP contribution in [0.1, 0.15) is 162 Å². The van der Waals surface area contributed by atoms with Gasteiger partial charge in [-0.2, -0.15) is 18.4 Å². The maximum Gasteiger partial charge on any atom is 0.433 e. The van der Waals surface area contributed by atoms with Crippen molar-refractivity contribution in [1.82, 2.24) is 51.2 Å². The molecule has 0 bridgehead atoms. The maximum atomic E-state index is 14.4. The van der Waals surface area contributed by atoms with Crippen molar-refractivity contribution < 1.29 is 123 Å². The Morgan fingerprint density at radius 2 is 0.904 bits per heavy atom. The van der Waals surface area contributed by atoms with Gasteiger partial charge in [-0.1, -0.05) is 35.9 Å². The van der Waals surface area contributed by atoms with Crippen LogP contribution in [-0.4, -0.2) is 336 Å². The maximum absolute atomic E-state index is 14.4. The molecule has 135 heavy (non-hydrogen) atoms. The Hall–Kier alpha value is -8.87. The molecule has 2 heterocycles. The van der Waals surface area contributed by atoms with Crippen LogP contribution in [0.3, 0.4) is 0 Å². The molecule has 1 aliphatic rings. The van der Waals surface area contributed by atoms with Crippen LogP contribution in [0.25, 0.3) is 11.1 Å². The first-order valence-electron chi connectivity index (χ1n) is 45.7. The molecule has 5 rings (SSSR count). The van der Waals surface area contributed by atoms with Gasteiger partial charge < -0.3 is 93.1 Å². The lowest BCUT2D eigenvalue weighted by Crippen LogP contribution is -2.54. The number of unbranched alkanes of at least 4 members (excludes halogenated alkanes) is 1. The number of aromatic nitrogens is 1. The van der Waals surface area contributed by atoms with Crippen LogP contribution >= 0.6 is 34.2 Å². The molecule has 3 aromatic carbocycles. The summed E-state index contributed by atoms with van der Waals surface area (Å²) < 4.78 is 115. The van der Waals surface area contributed by atoms with Gasteiger partial charge in [-0.25, -0.2) is 0 Å². The molecule has 0 unspecified atom stereocenters. The first-order chi connectivity index (χ1) is 63.9. The summed E-state index contributed by atoms with van der Waals surface area (Å²) in [5.41, 5.74) is -2.87. The number of rotatable bonds is 58. The van der Waals surface area contributed by atoms with Crippen LogP contribution < -0.4 is 36.2 Å².